The maximum absolute atomic E-state index is 12.3. The summed E-state index contributed by atoms with van der Waals surface area (Å²) in [5.41, 5.74) is 2.15. The standard InChI is InChI=1S/C22H17ClN4O4S/c1-13-11-15(5-10-19(13)27(30)31)21(29)26-22(32)25-18-8-6-17(7-9-18)24-20(28)14-3-2-4-16(23)12-14/h2-12H,1H3,(H,24,28)(H2,25,26,29,32). The average Bonchev–Trinajstić information content (AvgIpc) is 2.74. The summed E-state index contributed by atoms with van der Waals surface area (Å²) in [6.45, 7) is 1.55. The number of anilines is 2. The summed E-state index contributed by atoms with van der Waals surface area (Å²) in [6, 6.07) is 17.4. The average molecular weight is 469 g/mol. The molecule has 3 N–H and O–H groups in total. The van der Waals surface area contributed by atoms with Crippen molar-refractivity contribution >= 4 is 57.8 Å². The van der Waals surface area contributed by atoms with Crippen LogP contribution in [0.3, 0.4) is 0 Å². The molecule has 162 valence electrons. The van der Waals surface area contributed by atoms with Crippen molar-refractivity contribution in [2.24, 2.45) is 0 Å². The largest absolute Gasteiger partial charge is 0.332 e. The Morgan fingerprint density at radius 2 is 1.53 bits per heavy atom. The van der Waals surface area contributed by atoms with Crippen LogP contribution in [0.4, 0.5) is 17.1 Å². The molecular formula is C22H17ClN4O4S. The summed E-state index contributed by atoms with van der Waals surface area (Å²) in [5.74, 6) is -0.791. The van der Waals surface area contributed by atoms with Gasteiger partial charge >= 0.3 is 0 Å². The SMILES string of the molecule is Cc1cc(C(=O)NC(=S)Nc2ccc(NC(=O)c3cccc(Cl)c3)cc2)ccc1[N+](=O)[O-]. The van der Waals surface area contributed by atoms with Crippen LogP contribution in [0.15, 0.2) is 66.7 Å². The first-order chi connectivity index (χ1) is 15.2. The number of thiocarbonyl (C=S) groups is 1. The lowest BCUT2D eigenvalue weighted by Crippen LogP contribution is -2.34. The highest BCUT2D eigenvalue weighted by Gasteiger charge is 2.14. The highest BCUT2D eigenvalue weighted by atomic mass is 35.5. The van der Waals surface area contributed by atoms with Gasteiger partial charge < -0.3 is 10.6 Å². The van der Waals surface area contributed by atoms with E-state index in [2.05, 4.69) is 16.0 Å². The van der Waals surface area contributed by atoms with Gasteiger partial charge in [0.2, 0.25) is 0 Å². The van der Waals surface area contributed by atoms with Gasteiger partial charge in [0, 0.05) is 39.2 Å². The number of carbonyl (C=O) groups is 2. The molecule has 0 fully saturated rings. The fourth-order valence-corrected chi connectivity index (χ4v) is 3.21. The highest BCUT2D eigenvalue weighted by molar-refractivity contribution is 7.80. The van der Waals surface area contributed by atoms with E-state index in [1.807, 2.05) is 0 Å². The van der Waals surface area contributed by atoms with Gasteiger partial charge in [0.15, 0.2) is 5.11 Å². The molecule has 0 heterocycles. The molecule has 32 heavy (non-hydrogen) atoms. The van der Waals surface area contributed by atoms with Crippen LogP contribution in [-0.2, 0) is 0 Å². The quantitative estimate of drug-likeness (QED) is 0.278. The van der Waals surface area contributed by atoms with Gasteiger partial charge in [0.25, 0.3) is 17.5 Å². The second-order valence-corrected chi connectivity index (χ2v) is 7.55. The number of benzene rings is 3. The zero-order valence-electron chi connectivity index (χ0n) is 16.7. The number of nitrogens with one attached hydrogen (secondary N) is 3. The maximum Gasteiger partial charge on any atom is 0.272 e. The predicted molar refractivity (Wildman–Crippen MR) is 127 cm³/mol. The number of hydrogen-bond acceptors (Lipinski definition) is 5. The number of rotatable bonds is 5. The molecule has 2 amide bonds. The molecule has 0 atom stereocenters. The minimum atomic E-state index is -0.510. The Morgan fingerprint density at radius 3 is 2.12 bits per heavy atom. The van der Waals surface area contributed by atoms with Crippen LogP contribution in [0, 0.1) is 17.0 Å². The number of halogens is 1. The molecule has 3 aromatic carbocycles. The minimum Gasteiger partial charge on any atom is -0.332 e. The molecular weight excluding hydrogens is 452 g/mol. The number of carbonyl (C=O) groups excluding carboxylic acids is 2. The monoisotopic (exact) mass is 468 g/mol. The third-order valence-corrected chi connectivity index (χ3v) is 4.81. The van der Waals surface area contributed by atoms with Crippen LogP contribution in [0.25, 0.3) is 0 Å². The molecule has 0 saturated heterocycles. The highest BCUT2D eigenvalue weighted by Crippen LogP contribution is 2.19. The van der Waals surface area contributed by atoms with Crippen molar-refractivity contribution in [2.45, 2.75) is 6.92 Å². The van der Waals surface area contributed by atoms with Gasteiger partial charge in [-0.05, 0) is 73.7 Å². The van der Waals surface area contributed by atoms with Crippen molar-refractivity contribution in [1.82, 2.24) is 5.32 Å². The van der Waals surface area contributed by atoms with Crippen LogP contribution in [0.1, 0.15) is 26.3 Å². The lowest BCUT2D eigenvalue weighted by atomic mass is 10.1. The summed E-state index contributed by atoms with van der Waals surface area (Å²) in [7, 11) is 0. The topological polar surface area (TPSA) is 113 Å². The van der Waals surface area contributed by atoms with Crippen molar-refractivity contribution in [2.75, 3.05) is 10.6 Å². The van der Waals surface area contributed by atoms with Crippen molar-refractivity contribution in [3.8, 4) is 0 Å². The molecule has 8 nitrogen and oxygen atoms in total. The summed E-state index contributed by atoms with van der Waals surface area (Å²) in [6.07, 6.45) is 0. The van der Waals surface area contributed by atoms with E-state index in [1.54, 1.807) is 55.5 Å². The van der Waals surface area contributed by atoms with Gasteiger partial charge in [-0.15, -0.1) is 0 Å². The van der Waals surface area contributed by atoms with Crippen LogP contribution in [-0.4, -0.2) is 21.9 Å². The van der Waals surface area contributed by atoms with Gasteiger partial charge in [-0.3, -0.25) is 25.0 Å². The van der Waals surface area contributed by atoms with E-state index in [1.165, 1.54) is 18.2 Å². The Kier molecular flexibility index (Phi) is 7.14. The summed E-state index contributed by atoms with van der Waals surface area (Å²) in [4.78, 5) is 35.0. The van der Waals surface area contributed by atoms with Crippen LogP contribution < -0.4 is 16.0 Å². The predicted octanol–water partition coefficient (Wildman–Crippen LogP) is 4.94. The normalized spacial score (nSPS) is 10.2. The lowest BCUT2D eigenvalue weighted by Gasteiger charge is -2.11. The molecule has 3 aromatic rings. The number of nitrogens with zero attached hydrogens (tertiary/aromatic N) is 1. The van der Waals surface area contributed by atoms with E-state index >= 15 is 0 Å². The minimum absolute atomic E-state index is 0.0571. The van der Waals surface area contributed by atoms with Crippen molar-refractivity contribution < 1.29 is 14.5 Å². The number of nitro benzene ring substituents is 1. The number of nitro groups is 1. The van der Waals surface area contributed by atoms with E-state index in [0.29, 0.717) is 27.5 Å². The van der Waals surface area contributed by atoms with Crippen LogP contribution in [0.2, 0.25) is 5.02 Å². The molecule has 0 bridgehead atoms. The number of amides is 2. The van der Waals surface area contributed by atoms with Gasteiger partial charge in [-0.25, -0.2) is 0 Å². The Morgan fingerprint density at radius 1 is 0.906 bits per heavy atom. The lowest BCUT2D eigenvalue weighted by molar-refractivity contribution is -0.385. The third-order valence-electron chi connectivity index (χ3n) is 4.37. The molecule has 3 rings (SSSR count). The van der Waals surface area contributed by atoms with Gasteiger partial charge in [-0.1, -0.05) is 17.7 Å². The zero-order valence-corrected chi connectivity index (χ0v) is 18.3. The van der Waals surface area contributed by atoms with Gasteiger partial charge in [-0.2, -0.15) is 0 Å². The Labute approximate surface area is 193 Å². The van der Waals surface area contributed by atoms with Crippen molar-refractivity contribution in [3.63, 3.8) is 0 Å². The molecule has 0 unspecified atom stereocenters. The smallest absolute Gasteiger partial charge is 0.272 e. The Hall–Kier alpha value is -3.82. The van der Waals surface area contributed by atoms with E-state index in [-0.39, 0.29) is 22.3 Å². The fraction of sp³-hybridized carbons (Fsp3) is 0.0455. The van der Waals surface area contributed by atoms with E-state index in [4.69, 9.17) is 23.8 Å². The summed E-state index contributed by atoms with van der Waals surface area (Å²) >= 11 is 11.1. The summed E-state index contributed by atoms with van der Waals surface area (Å²) < 4.78 is 0. The third kappa shape index (κ3) is 5.87. The Bertz CT molecular complexity index is 1210. The zero-order chi connectivity index (χ0) is 23.3. The summed E-state index contributed by atoms with van der Waals surface area (Å²) in [5, 5.41) is 19.6. The first kappa shape index (κ1) is 22.9. The molecule has 0 aliphatic rings. The maximum atomic E-state index is 12.3. The second-order valence-electron chi connectivity index (χ2n) is 6.71. The van der Waals surface area contributed by atoms with Crippen LogP contribution >= 0.6 is 23.8 Å². The van der Waals surface area contributed by atoms with E-state index < -0.39 is 10.8 Å². The molecule has 0 radical (unpaired) electrons. The molecule has 0 spiro atoms. The molecule has 10 heteroatoms. The number of aryl methyl sites for hydroxylation is 1. The van der Waals surface area contributed by atoms with Crippen molar-refractivity contribution in [3.05, 3.63) is 98.6 Å². The number of hydrogen-bond donors (Lipinski definition) is 3. The first-order valence-corrected chi connectivity index (χ1v) is 10.1. The first-order valence-electron chi connectivity index (χ1n) is 9.27. The molecule has 0 saturated carbocycles. The molecule has 0 aromatic heterocycles. The van der Waals surface area contributed by atoms with E-state index in [9.17, 15) is 19.7 Å². The molecule has 0 aliphatic heterocycles. The Balaban J connectivity index is 1.57. The van der Waals surface area contributed by atoms with Gasteiger partial charge in [0.1, 0.15) is 0 Å². The van der Waals surface area contributed by atoms with Crippen molar-refractivity contribution in [1.29, 1.82) is 0 Å². The van der Waals surface area contributed by atoms with Gasteiger partial charge in [0.05, 0.1) is 4.92 Å². The second kappa shape index (κ2) is 9.99. The fourth-order valence-electron chi connectivity index (χ4n) is 2.81. The van der Waals surface area contributed by atoms with Crippen LogP contribution in [0.5, 0.6) is 0 Å². The molecule has 0 aliphatic carbocycles. The van der Waals surface area contributed by atoms with E-state index in [0.717, 1.165) is 0 Å².